The number of anilines is 1. The quantitative estimate of drug-likeness (QED) is 0.505. The minimum Gasteiger partial charge on any atom is -0.396 e. The molecule has 0 spiro atoms. The zero-order valence-corrected chi connectivity index (χ0v) is 6.85. The van der Waals surface area contributed by atoms with Crippen molar-refractivity contribution < 1.29 is 8.78 Å². The maximum absolute atomic E-state index is 12.4. The molecule has 0 bridgehead atoms. The van der Waals surface area contributed by atoms with Gasteiger partial charge in [0.1, 0.15) is 0 Å². The molecule has 11 heavy (non-hydrogen) atoms. The number of hydrogen-bond acceptors (Lipinski definition) is 1. The molecule has 0 heterocycles. The Morgan fingerprint density at radius 1 is 1.27 bits per heavy atom. The van der Waals surface area contributed by atoms with E-state index in [1.165, 1.54) is 0 Å². The average molecular weight is 200 g/mol. The van der Waals surface area contributed by atoms with Crippen LogP contribution in [0.3, 0.4) is 0 Å². The highest BCUT2D eigenvalue weighted by Crippen LogP contribution is 2.19. The summed E-state index contributed by atoms with van der Waals surface area (Å²) in [5.41, 5.74) is 4.75. The highest BCUT2D eigenvalue weighted by Gasteiger charge is 2.05. The van der Waals surface area contributed by atoms with Crippen molar-refractivity contribution in [2.24, 2.45) is 0 Å². The average Bonchev–Trinajstić information content (AvgIpc) is 1.82. The van der Waals surface area contributed by atoms with Gasteiger partial charge in [-0.15, -0.1) is 12.4 Å². The van der Waals surface area contributed by atoms with Crippen LogP contribution in [0.2, 0.25) is 5.02 Å². The van der Waals surface area contributed by atoms with Crippen molar-refractivity contribution in [2.75, 3.05) is 5.73 Å². The van der Waals surface area contributed by atoms with Crippen molar-refractivity contribution in [3.63, 3.8) is 0 Å². The van der Waals surface area contributed by atoms with Gasteiger partial charge in [-0.25, -0.2) is 8.78 Å². The molecule has 0 saturated carbocycles. The Balaban J connectivity index is 0.000001000. The molecular weight excluding hydrogens is 195 g/mol. The molecule has 0 amide bonds. The molecule has 0 saturated heterocycles. The minimum absolute atomic E-state index is 0. The molecule has 0 unspecified atom stereocenters. The second-order valence-electron chi connectivity index (χ2n) is 1.79. The van der Waals surface area contributed by atoms with Crippen LogP contribution >= 0.6 is 24.0 Å². The Morgan fingerprint density at radius 3 is 2.27 bits per heavy atom. The van der Waals surface area contributed by atoms with Gasteiger partial charge in [-0.1, -0.05) is 11.6 Å². The molecule has 1 aromatic rings. The summed E-state index contributed by atoms with van der Waals surface area (Å²) >= 11 is 5.34. The van der Waals surface area contributed by atoms with Crippen molar-refractivity contribution in [1.82, 2.24) is 0 Å². The number of hydrogen-bond donors (Lipinski definition) is 1. The zero-order valence-electron chi connectivity index (χ0n) is 5.27. The summed E-state index contributed by atoms with van der Waals surface area (Å²) in [6.45, 7) is 0. The lowest BCUT2D eigenvalue weighted by Gasteiger charge is -1.96. The lowest BCUT2D eigenvalue weighted by molar-refractivity contribution is 0.512. The number of nitrogens with two attached hydrogens (primary N) is 1. The van der Waals surface area contributed by atoms with E-state index >= 15 is 0 Å². The maximum Gasteiger partial charge on any atom is 0.181 e. The standard InChI is InChI=1S/C6H4ClF2N.ClH/c7-3-1-4(8)6(9)5(10)2-3;/h1-2H,10H2;1H. The van der Waals surface area contributed by atoms with E-state index in [4.69, 9.17) is 17.3 Å². The fraction of sp³-hybridized carbons (Fsp3) is 0. The summed E-state index contributed by atoms with van der Waals surface area (Å²) in [5.74, 6) is -2.07. The predicted octanol–water partition coefficient (Wildman–Crippen LogP) is 2.62. The molecule has 0 radical (unpaired) electrons. The molecule has 0 aliphatic heterocycles. The van der Waals surface area contributed by atoms with Crippen LogP contribution < -0.4 is 5.73 Å². The molecule has 0 fully saturated rings. The molecule has 1 nitrogen and oxygen atoms in total. The van der Waals surface area contributed by atoms with Gasteiger partial charge in [0.2, 0.25) is 0 Å². The first-order valence-electron chi connectivity index (χ1n) is 2.51. The molecule has 1 rings (SSSR count). The van der Waals surface area contributed by atoms with E-state index in [1.54, 1.807) is 0 Å². The highest BCUT2D eigenvalue weighted by atomic mass is 35.5. The number of halogens is 4. The summed E-state index contributed by atoms with van der Waals surface area (Å²) in [6.07, 6.45) is 0. The molecule has 0 aromatic heterocycles. The number of nitrogen functional groups attached to an aromatic ring is 1. The summed E-state index contributed by atoms with van der Waals surface area (Å²) < 4.78 is 24.7. The Kier molecular flexibility index (Phi) is 3.55. The third-order valence-corrected chi connectivity index (χ3v) is 1.24. The molecule has 0 aliphatic rings. The fourth-order valence-corrected chi connectivity index (χ4v) is 0.789. The van der Waals surface area contributed by atoms with Gasteiger partial charge in [0.05, 0.1) is 5.69 Å². The van der Waals surface area contributed by atoms with Crippen LogP contribution in [0, 0.1) is 11.6 Å². The second-order valence-corrected chi connectivity index (χ2v) is 2.23. The first kappa shape index (κ1) is 10.5. The van der Waals surface area contributed by atoms with Gasteiger partial charge in [-0.05, 0) is 12.1 Å². The number of benzene rings is 1. The van der Waals surface area contributed by atoms with Crippen LogP contribution in [-0.2, 0) is 0 Å². The SMILES string of the molecule is Cl.Nc1cc(Cl)cc(F)c1F. The molecule has 2 N–H and O–H groups in total. The fourth-order valence-electron chi connectivity index (χ4n) is 0.576. The van der Waals surface area contributed by atoms with Crippen LogP contribution in [0.25, 0.3) is 0 Å². The van der Waals surface area contributed by atoms with E-state index in [1.807, 2.05) is 0 Å². The van der Waals surface area contributed by atoms with Gasteiger partial charge in [0.15, 0.2) is 11.6 Å². The molecule has 62 valence electrons. The monoisotopic (exact) mass is 199 g/mol. The predicted molar refractivity (Wildman–Crippen MR) is 43.0 cm³/mol. The largest absolute Gasteiger partial charge is 0.396 e. The van der Waals surface area contributed by atoms with E-state index < -0.39 is 11.6 Å². The Bertz CT molecular complexity index is 242. The first-order valence-corrected chi connectivity index (χ1v) is 2.89. The minimum atomic E-state index is -1.05. The van der Waals surface area contributed by atoms with Crippen molar-refractivity contribution in [3.8, 4) is 0 Å². The van der Waals surface area contributed by atoms with Gasteiger partial charge in [0, 0.05) is 5.02 Å². The second kappa shape index (κ2) is 3.74. The van der Waals surface area contributed by atoms with Gasteiger partial charge in [-0.2, -0.15) is 0 Å². The summed E-state index contributed by atoms with van der Waals surface area (Å²) in [4.78, 5) is 0. The normalized spacial score (nSPS) is 9.00. The van der Waals surface area contributed by atoms with Crippen LogP contribution in [0.4, 0.5) is 14.5 Å². The summed E-state index contributed by atoms with van der Waals surface area (Å²) in [5, 5.41) is 0.0939. The topological polar surface area (TPSA) is 26.0 Å². The molecule has 0 atom stereocenters. The van der Waals surface area contributed by atoms with E-state index in [-0.39, 0.29) is 23.1 Å². The van der Waals surface area contributed by atoms with E-state index in [0.29, 0.717) is 0 Å². The van der Waals surface area contributed by atoms with Crippen molar-refractivity contribution >= 4 is 29.7 Å². The van der Waals surface area contributed by atoms with Crippen molar-refractivity contribution in [3.05, 3.63) is 28.8 Å². The molecule has 0 aliphatic carbocycles. The van der Waals surface area contributed by atoms with Gasteiger partial charge < -0.3 is 5.73 Å². The molecular formula is C6H5Cl2F2N. The zero-order chi connectivity index (χ0) is 7.72. The lowest BCUT2D eigenvalue weighted by Crippen LogP contribution is -1.93. The van der Waals surface area contributed by atoms with Gasteiger partial charge in [0.25, 0.3) is 0 Å². The van der Waals surface area contributed by atoms with Gasteiger partial charge in [-0.3, -0.25) is 0 Å². The third kappa shape index (κ3) is 2.20. The Morgan fingerprint density at radius 2 is 1.82 bits per heavy atom. The van der Waals surface area contributed by atoms with Crippen molar-refractivity contribution in [1.29, 1.82) is 0 Å². The summed E-state index contributed by atoms with van der Waals surface area (Å²) in [6, 6.07) is 2.02. The molecule has 5 heteroatoms. The molecule has 1 aromatic carbocycles. The van der Waals surface area contributed by atoms with E-state index in [0.717, 1.165) is 12.1 Å². The first-order chi connectivity index (χ1) is 4.61. The third-order valence-electron chi connectivity index (χ3n) is 1.02. The van der Waals surface area contributed by atoms with Crippen LogP contribution in [0.15, 0.2) is 12.1 Å². The number of rotatable bonds is 0. The Labute approximate surface area is 73.6 Å². The van der Waals surface area contributed by atoms with Gasteiger partial charge >= 0.3 is 0 Å². The van der Waals surface area contributed by atoms with Crippen LogP contribution in [0.1, 0.15) is 0 Å². The van der Waals surface area contributed by atoms with Crippen LogP contribution in [0.5, 0.6) is 0 Å². The smallest absolute Gasteiger partial charge is 0.181 e. The summed E-state index contributed by atoms with van der Waals surface area (Å²) in [7, 11) is 0. The van der Waals surface area contributed by atoms with Crippen LogP contribution in [-0.4, -0.2) is 0 Å². The van der Waals surface area contributed by atoms with E-state index in [9.17, 15) is 8.78 Å². The van der Waals surface area contributed by atoms with E-state index in [2.05, 4.69) is 0 Å². The van der Waals surface area contributed by atoms with Crippen molar-refractivity contribution in [2.45, 2.75) is 0 Å². The highest BCUT2D eigenvalue weighted by molar-refractivity contribution is 6.30. The Hall–Kier alpha value is -0.540. The lowest BCUT2D eigenvalue weighted by atomic mass is 10.3. The maximum atomic E-state index is 12.4.